The molecule has 1 aliphatic rings. The number of carboxylic acid groups (broad SMARTS) is 1. The first-order chi connectivity index (χ1) is 10.4. The van der Waals surface area contributed by atoms with E-state index in [2.05, 4.69) is 44.5 Å². The van der Waals surface area contributed by atoms with Crippen LogP contribution in [0.5, 0.6) is 0 Å². The number of carbonyl (C=O) groups is 3. The van der Waals surface area contributed by atoms with Gasteiger partial charge in [-0.15, -0.1) is 0 Å². The van der Waals surface area contributed by atoms with Crippen LogP contribution in [0.15, 0.2) is 0 Å². The zero-order chi connectivity index (χ0) is 17.8. The number of hydrogen-bond donors (Lipinski definition) is 3. The second-order valence-electron chi connectivity index (χ2n) is 7.46. The van der Waals surface area contributed by atoms with Crippen molar-refractivity contribution in [2.45, 2.75) is 70.2 Å². The van der Waals surface area contributed by atoms with Gasteiger partial charge in [0.2, 0.25) is 11.8 Å². The minimum atomic E-state index is -1.94. The molecule has 1 fully saturated rings. The van der Waals surface area contributed by atoms with E-state index < -0.39 is 32.3 Å². The molecule has 0 spiro atoms. The first-order valence-corrected chi connectivity index (χ1v) is 10.8. The Morgan fingerprint density at radius 2 is 2.04 bits per heavy atom. The zero-order valence-electron chi connectivity index (χ0n) is 14.6. The fourth-order valence-electron chi connectivity index (χ4n) is 1.99. The van der Waals surface area contributed by atoms with Gasteiger partial charge in [-0.25, -0.2) is 4.79 Å². The second kappa shape index (κ2) is 7.44. The molecule has 1 saturated heterocycles. The van der Waals surface area contributed by atoms with Crippen molar-refractivity contribution in [1.29, 1.82) is 0 Å². The summed E-state index contributed by atoms with van der Waals surface area (Å²) in [7, 11) is -1.94. The Kier molecular flexibility index (Phi) is 6.35. The molecule has 1 rings (SSSR count). The van der Waals surface area contributed by atoms with Crippen LogP contribution in [0.2, 0.25) is 18.1 Å². The van der Waals surface area contributed by atoms with Gasteiger partial charge in [0, 0.05) is 19.4 Å². The van der Waals surface area contributed by atoms with Gasteiger partial charge >= 0.3 is 5.97 Å². The molecule has 0 aromatic carbocycles. The van der Waals surface area contributed by atoms with Crippen molar-refractivity contribution in [3.8, 4) is 0 Å². The van der Waals surface area contributed by atoms with Gasteiger partial charge in [0.05, 0.1) is 0 Å². The highest BCUT2D eigenvalue weighted by Gasteiger charge is 2.37. The predicted molar refractivity (Wildman–Crippen MR) is 88.5 cm³/mol. The molecule has 2 amide bonds. The maximum Gasteiger partial charge on any atom is 0.326 e. The van der Waals surface area contributed by atoms with Crippen molar-refractivity contribution in [3.05, 3.63) is 0 Å². The van der Waals surface area contributed by atoms with Crippen LogP contribution in [-0.4, -0.2) is 49.9 Å². The lowest BCUT2D eigenvalue weighted by Gasteiger charge is -2.36. The molecule has 1 aliphatic heterocycles. The Morgan fingerprint density at radius 1 is 1.43 bits per heavy atom. The average Bonchev–Trinajstić information content (AvgIpc) is 2.82. The second-order valence-corrected chi connectivity index (χ2v) is 12.3. The normalized spacial score (nSPS) is 20.0. The van der Waals surface area contributed by atoms with E-state index in [0.29, 0.717) is 12.8 Å². The van der Waals surface area contributed by atoms with Gasteiger partial charge in [-0.2, -0.15) is 0 Å². The van der Waals surface area contributed by atoms with E-state index in [4.69, 9.17) is 4.43 Å². The Morgan fingerprint density at radius 3 is 2.48 bits per heavy atom. The summed E-state index contributed by atoms with van der Waals surface area (Å²) < 4.78 is 5.95. The first kappa shape index (κ1) is 19.6. The Hall–Kier alpha value is -1.41. The molecule has 0 bridgehead atoms. The molecule has 0 aromatic rings. The van der Waals surface area contributed by atoms with Crippen LogP contribution in [-0.2, 0) is 18.8 Å². The van der Waals surface area contributed by atoms with Crippen molar-refractivity contribution < 1.29 is 23.9 Å². The summed E-state index contributed by atoms with van der Waals surface area (Å²) in [6.07, 6.45) is 0.899. The van der Waals surface area contributed by atoms with Gasteiger partial charge in [-0.1, -0.05) is 20.8 Å². The summed E-state index contributed by atoms with van der Waals surface area (Å²) in [5, 5.41) is 14.3. The highest BCUT2D eigenvalue weighted by atomic mass is 28.4. The zero-order valence-corrected chi connectivity index (χ0v) is 15.6. The first-order valence-electron chi connectivity index (χ1n) is 7.90. The molecule has 2 atom stereocenters. The molecule has 7 nitrogen and oxygen atoms in total. The predicted octanol–water partition coefficient (Wildman–Crippen LogP) is 1.25. The summed E-state index contributed by atoms with van der Waals surface area (Å²) in [5.41, 5.74) is 0. The monoisotopic (exact) mass is 344 g/mol. The lowest BCUT2D eigenvalue weighted by molar-refractivity contribution is -0.142. The highest BCUT2D eigenvalue weighted by molar-refractivity contribution is 6.74. The van der Waals surface area contributed by atoms with Gasteiger partial charge < -0.3 is 20.2 Å². The lowest BCUT2D eigenvalue weighted by Crippen LogP contribution is -2.49. The number of nitrogens with one attached hydrogen (secondary N) is 2. The third-order valence-corrected chi connectivity index (χ3v) is 9.14. The number of carboxylic acids is 1. The van der Waals surface area contributed by atoms with Gasteiger partial charge in [0.25, 0.3) is 0 Å². The molecular formula is C15H28N2O5Si. The van der Waals surface area contributed by atoms with Crippen molar-refractivity contribution in [1.82, 2.24) is 10.6 Å². The minimum Gasteiger partial charge on any atom is -0.480 e. The summed E-state index contributed by atoms with van der Waals surface area (Å²) >= 11 is 0. The quantitative estimate of drug-likeness (QED) is 0.603. The Labute approximate surface area is 138 Å². The maximum atomic E-state index is 12.0. The van der Waals surface area contributed by atoms with E-state index >= 15 is 0 Å². The molecule has 0 radical (unpaired) electrons. The van der Waals surface area contributed by atoms with Gasteiger partial charge in [0.15, 0.2) is 8.32 Å². The molecule has 0 saturated carbocycles. The van der Waals surface area contributed by atoms with Crippen LogP contribution >= 0.6 is 0 Å². The summed E-state index contributed by atoms with van der Waals surface area (Å²) in [5.74, 6) is -1.73. The fourth-order valence-corrected chi connectivity index (χ4v) is 3.05. The van der Waals surface area contributed by atoms with E-state index in [-0.39, 0.29) is 24.0 Å². The summed E-state index contributed by atoms with van der Waals surface area (Å²) in [4.78, 5) is 34.5. The largest absolute Gasteiger partial charge is 0.480 e. The van der Waals surface area contributed by atoms with Crippen molar-refractivity contribution >= 4 is 26.1 Å². The van der Waals surface area contributed by atoms with Crippen molar-refractivity contribution in [2.24, 2.45) is 0 Å². The van der Waals surface area contributed by atoms with E-state index in [1.807, 2.05) is 0 Å². The van der Waals surface area contributed by atoms with Crippen LogP contribution in [0, 0.1) is 0 Å². The molecule has 0 aromatic heterocycles. The van der Waals surface area contributed by atoms with Crippen molar-refractivity contribution in [3.63, 3.8) is 0 Å². The molecule has 23 heavy (non-hydrogen) atoms. The highest BCUT2D eigenvalue weighted by Crippen LogP contribution is 2.36. The van der Waals surface area contributed by atoms with Gasteiger partial charge in [-0.05, 0) is 24.6 Å². The van der Waals surface area contributed by atoms with Crippen LogP contribution in [0.4, 0.5) is 0 Å². The molecule has 3 N–H and O–H groups in total. The van der Waals surface area contributed by atoms with Gasteiger partial charge in [-0.3, -0.25) is 9.59 Å². The van der Waals surface area contributed by atoms with Crippen LogP contribution in [0.1, 0.15) is 40.0 Å². The molecular weight excluding hydrogens is 316 g/mol. The van der Waals surface area contributed by atoms with Crippen molar-refractivity contribution in [2.75, 3.05) is 6.61 Å². The molecule has 132 valence electrons. The number of carbonyl (C=O) groups excluding carboxylic acids is 2. The smallest absolute Gasteiger partial charge is 0.326 e. The summed E-state index contributed by atoms with van der Waals surface area (Å²) in [6.45, 7) is 10.8. The lowest BCUT2D eigenvalue weighted by atomic mass is 10.1. The number of amides is 2. The van der Waals surface area contributed by atoms with Crippen LogP contribution in [0.3, 0.4) is 0 Å². The Balaban J connectivity index is 2.51. The third-order valence-electron chi connectivity index (χ3n) is 4.60. The number of aliphatic carboxylic acids is 1. The Bertz CT molecular complexity index is 473. The standard InChI is InChI=1S/C15H28N2O5Si/c1-15(2,3)23(4,5)22-9-8-11(14(20)21)17-13(19)10-6-7-12(18)16-10/h10-11H,6-9H2,1-5H3,(H,16,18)(H,17,19)(H,20,21)/t10-,11-/m0/s1. The minimum absolute atomic E-state index is 0.0447. The van der Waals surface area contributed by atoms with E-state index in [9.17, 15) is 19.5 Å². The maximum absolute atomic E-state index is 12.0. The molecule has 8 heteroatoms. The average molecular weight is 344 g/mol. The van der Waals surface area contributed by atoms with E-state index in [0.717, 1.165) is 0 Å². The van der Waals surface area contributed by atoms with E-state index in [1.165, 1.54) is 0 Å². The molecule has 1 heterocycles. The SMILES string of the molecule is CC(C)(C)[Si](C)(C)OCC[C@H](NC(=O)[C@@H]1CCC(=O)N1)C(=O)O. The molecule has 0 unspecified atom stereocenters. The third kappa shape index (κ3) is 5.62. The topological polar surface area (TPSA) is 105 Å². The number of hydrogen-bond acceptors (Lipinski definition) is 4. The van der Waals surface area contributed by atoms with Crippen LogP contribution in [0.25, 0.3) is 0 Å². The fraction of sp³-hybridized carbons (Fsp3) is 0.800. The van der Waals surface area contributed by atoms with E-state index in [1.54, 1.807) is 0 Å². The number of rotatable bonds is 7. The van der Waals surface area contributed by atoms with Gasteiger partial charge in [0.1, 0.15) is 12.1 Å². The molecule has 0 aliphatic carbocycles. The van der Waals surface area contributed by atoms with Crippen LogP contribution < -0.4 is 10.6 Å². The summed E-state index contributed by atoms with van der Waals surface area (Å²) in [6, 6.07) is -1.64.